The van der Waals surface area contributed by atoms with Crippen molar-refractivity contribution in [1.29, 1.82) is 5.26 Å². The summed E-state index contributed by atoms with van der Waals surface area (Å²) in [5.41, 5.74) is -0.00965. The smallest absolute Gasteiger partial charge is 0.0824 e. The Morgan fingerprint density at radius 3 is 2.36 bits per heavy atom. The molecule has 1 aliphatic rings. The van der Waals surface area contributed by atoms with E-state index in [9.17, 15) is 0 Å². The molecule has 0 N–H and O–H groups in total. The summed E-state index contributed by atoms with van der Waals surface area (Å²) in [5.74, 6) is 0. The molecule has 1 rings (SSSR count). The van der Waals surface area contributed by atoms with Crippen LogP contribution in [0.1, 0.15) is 27.2 Å². The molecule has 1 fully saturated rings. The number of likely N-dealkylation sites (tertiary alicyclic amines) is 1. The predicted molar refractivity (Wildman–Crippen MR) is 45.0 cm³/mol. The molecule has 0 bridgehead atoms. The molecule has 62 valence electrons. The van der Waals surface area contributed by atoms with E-state index in [1.165, 1.54) is 0 Å². The first kappa shape index (κ1) is 8.55. The molecule has 11 heavy (non-hydrogen) atoms. The van der Waals surface area contributed by atoms with Crippen molar-refractivity contribution in [3.63, 3.8) is 0 Å². The molecule has 0 aromatic carbocycles. The van der Waals surface area contributed by atoms with E-state index >= 15 is 0 Å². The summed E-state index contributed by atoms with van der Waals surface area (Å²) in [7, 11) is 0. The van der Waals surface area contributed by atoms with Gasteiger partial charge in [0.2, 0.25) is 0 Å². The van der Waals surface area contributed by atoms with E-state index in [1.54, 1.807) is 0 Å². The Morgan fingerprint density at radius 1 is 1.55 bits per heavy atom. The minimum Gasteiger partial charge on any atom is -0.298 e. The SMILES string of the molecule is CCC1(C#N)CN(C(C)C)C1. The summed E-state index contributed by atoms with van der Waals surface area (Å²) in [6, 6.07) is 3.01. The van der Waals surface area contributed by atoms with Crippen LogP contribution in [0.5, 0.6) is 0 Å². The summed E-state index contributed by atoms with van der Waals surface area (Å²) in [6.07, 6.45) is 0.993. The highest BCUT2D eigenvalue weighted by molar-refractivity contribution is 5.09. The van der Waals surface area contributed by atoms with Gasteiger partial charge in [-0.15, -0.1) is 0 Å². The maximum absolute atomic E-state index is 8.86. The fraction of sp³-hybridized carbons (Fsp3) is 0.889. The molecule has 0 saturated carbocycles. The quantitative estimate of drug-likeness (QED) is 0.601. The van der Waals surface area contributed by atoms with Crippen LogP contribution in [0.2, 0.25) is 0 Å². The number of nitriles is 1. The number of hydrogen-bond acceptors (Lipinski definition) is 2. The summed E-state index contributed by atoms with van der Waals surface area (Å²) >= 11 is 0. The maximum Gasteiger partial charge on any atom is 0.0824 e. The zero-order valence-corrected chi connectivity index (χ0v) is 7.59. The molecule has 1 saturated heterocycles. The van der Waals surface area contributed by atoms with Crippen LogP contribution in [0, 0.1) is 16.7 Å². The van der Waals surface area contributed by atoms with Gasteiger partial charge in [0.1, 0.15) is 0 Å². The Labute approximate surface area is 68.8 Å². The van der Waals surface area contributed by atoms with Gasteiger partial charge >= 0.3 is 0 Å². The lowest BCUT2D eigenvalue weighted by molar-refractivity contribution is 0.0166. The molecule has 2 heteroatoms. The normalized spacial score (nSPS) is 22.8. The van der Waals surface area contributed by atoms with Gasteiger partial charge in [0.05, 0.1) is 11.5 Å². The van der Waals surface area contributed by atoms with Gasteiger partial charge in [-0.3, -0.25) is 4.90 Å². The van der Waals surface area contributed by atoms with Crippen LogP contribution in [-0.2, 0) is 0 Å². The lowest BCUT2D eigenvalue weighted by Crippen LogP contribution is -2.57. The van der Waals surface area contributed by atoms with E-state index in [0.717, 1.165) is 19.5 Å². The van der Waals surface area contributed by atoms with Crippen LogP contribution < -0.4 is 0 Å². The third-order valence-corrected chi connectivity index (χ3v) is 2.66. The van der Waals surface area contributed by atoms with Gasteiger partial charge in [-0.05, 0) is 20.3 Å². The topological polar surface area (TPSA) is 27.0 Å². The number of rotatable bonds is 2. The molecule has 0 unspecified atom stereocenters. The summed E-state index contributed by atoms with van der Waals surface area (Å²) in [6.45, 7) is 8.39. The molecule has 0 radical (unpaired) electrons. The molecule has 0 aromatic rings. The monoisotopic (exact) mass is 152 g/mol. The molecule has 2 nitrogen and oxygen atoms in total. The molecule has 0 spiro atoms. The van der Waals surface area contributed by atoms with Crippen molar-refractivity contribution < 1.29 is 0 Å². The first-order valence-electron chi connectivity index (χ1n) is 4.29. The van der Waals surface area contributed by atoms with Crippen molar-refractivity contribution in [2.45, 2.75) is 33.2 Å². The zero-order chi connectivity index (χ0) is 8.48. The molecular weight excluding hydrogens is 136 g/mol. The van der Waals surface area contributed by atoms with Gasteiger partial charge in [0, 0.05) is 19.1 Å². The highest BCUT2D eigenvalue weighted by atomic mass is 15.2. The maximum atomic E-state index is 8.86. The van der Waals surface area contributed by atoms with E-state index in [4.69, 9.17) is 5.26 Å². The zero-order valence-electron chi connectivity index (χ0n) is 7.59. The second kappa shape index (κ2) is 2.83. The lowest BCUT2D eigenvalue weighted by Gasteiger charge is -2.47. The molecular formula is C9H16N2. The average molecular weight is 152 g/mol. The lowest BCUT2D eigenvalue weighted by atomic mass is 9.78. The van der Waals surface area contributed by atoms with Crippen molar-refractivity contribution in [3.8, 4) is 6.07 Å². The van der Waals surface area contributed by atoms with Crippen LogP contribution in [0.15, 0.2) is 0 Å². The Balaban J connectivity index is 2.44. The summed E-state index contributed by atoms with van der Waals surface area (Å²) < 4.78 is 0. The van der Waals surface area contributed by atoms with Gasteiger partial charge in [-0.1, -0.05) is 6.92 Å². The average Bonchev–Trinajstić information content (AvgIpc) is 1.87. The standard InChI is InChI=1S/C9H16N2/c1-4-9(5-10)6-11(7-9)8(2)3/h8H,4,6-7H2,1-3H3. The van der Waals surface area contributed by atoms with Gasteiger partial charge in [0.15, 0.2) is 0 Å². The van der Waals surface area contributed by atoms with Crippen LogP contribution >= 0.6 is 0 Å². The largest absolute Gasteiger partial charge is 0.298 e. The van der Waals surface area contributed by atoms with E-state index in [0.29, 0.717) is 6.04 Å². The van der Waals surface area contributed by atoms with Crippen molar-refractivity contribution in [2.24, 2.45) is 5.41 Å². The van der Waals surface area contributed by atoms with E-state index in [-0.39, 0.29) is 5.41 Å². The molecule has 0 amide bonds. The summed E-state index contributed by atoms with van der Waals surface area (Å²) in [4.78, 5) is 2.34. The Kier molecular flexibility index (Phi) is 2.20. The molecule has 0 atom stereocenters. The minimum atomic E-state index is -0.00965. The van der Waals surface area contributed by atoms with E-state index < -0.39 is 0 Å². The Morgan fingerprint density at radius 2 is 2.09 bits per heavy atom. The first-order valence-corrected chi connectivity index (χ1v) is 4.29. The fourth-order valence-corrected chi connectivity index (χ4v) is 1.47. The van der Waals surface area contributed by atoms with Gasteiger partial charge in [0.25, 0.3) is 0 Å². The van der Waals surface area contributed by atoms with Crippen LogP contribution in [-0.4, -0.2) is 24.0 Å². The van der Waals surface area contributed by atoms with Crippen molar-refractivity contribution in [2.75, 3.05) is 13.1 Å². The van der Waals surface area contributed by atoms with E-state index in [1.807, 2.05) is 0 Å². The molecule has 1 heterocycles. The van der Waals surface area contributed by atoms with Crippen LogP contribution in [0.4, 0.5) is 0 Å². The molecule has 1 aliphatic heterocycles. The Hall–Kier alpha value is -0.550. The highest BCUT2D eigenvalue weighted by Gasteiger charge is 2.42. The van der Waals surface area contributed by atoms with Gasteiger partial charge in [-0.2, -0.15) is 5.26 Å². The summed E-state index contributed by atoms with van der Waals surface area (Å²) in [5, 5.41) is 8.86. The Bertz CT molecular complexity index is 172. The highest BCUT2D eigenvalue weighted by Crippen LogP contribution is 2.33. The van der Waals surface area contributed by atoms with Crippen molar-refractivity contribution in [3.05, 3.63) is 0 Å². The third-order valence-electron chi connectivity index (χ3n) is 2.66. The van der Waals surface area contributed by atoms with Crippen molar-refractivity contribution >= 4 is 0 Å². The number of nitrogens with zero attached hydrogens (tertiary/aromatic N) is 2. The van der Waals surface area contributed by atoms with Crippen molar-refractivity contribution in [1.82, 2.24) is 4.90 Å². The first-order chi connectivity index (χ1) is 5.13. The van der Waals surface area contributed by atoms with Gasteiger partial charge < -0.3 is 0 Å². The minimum absolute atomic E-state index is 0.00965. The molecule has 0 aromatic heterocycles. The van der Waals surface area contributed by atoms with Gasteiger partial charge in [-0.25, -0.2) is 0 Å². The number of hydrogen-bond donors (Lipinski definition) is 0. The van der Waals surface area contributed by atoms with Crippen LogP contribution in [0.3, 0.4) is 0 Å². The predicted octanol–water partition coefficient (Wildman–Crippen LogP) is 1.63. The third kappa shape index (κ3) is 1.39. The fourth-order valence-electron chi connectivity index (χ4n) is 1.47. The second-order valence-electron chi connectivity index (χ2n) is 3.74. The van der Waals surface area contributed by atoms with E-state index in [2.05, 4.69) is 31.7 Å². The molecule has 0 aliphatic carbocycles. The second-order valence-corrected chi connectivity index (χ2v) is 3.74. The van der Waals surface area contributed by atoms with Crippen LogP contribution in [0.25, 0.3) is 0 Å².